The van der Waals surface area contributed by atoms with Gasteiger partial charge in [-0.1, -0.05) is 17.7 Å². The van der Waals surface area contributed by atoms with Crippen LogP contribution in [-0.4, -0.2) is 54.1 Å². The Morgan fingerprint density at radius 1 is 1.33 bits per heavy atom. The first-order valence-corrected chi connectivity index (χ1v) is 11.6. The molecule has 4 heterocycles. The van der Waals surface area contributed by atoms with Crippen molar-refractivity contribution in [1.82, 2.24) is 19.9 Å². The molecule has 1 saturated heterocycles. The van der Waals surface area contributed by atoms with E-state index >= 15 is 0 Å². The van der Waals surface area contributed by atoms with Crippen molar-refractivity contribution >= 4 is 45.0 Å². The second-order valence-corrected chi connectivity index (χ2v) is 10.1. The quantitative estimate of drug-likeness (QED) is 0.503. The normalized spacial score (nSPS) is 22.2. The zero-order valence-corrected chi connectivity index (χ0v) is 18.7. The van der Waals surface area contributed by atoms with E-state index in [0.717, 1.165) is 18.4 Å². The summed E-state index contributed by atoms with van der Waals surface area (Å²) in [4.78, 5) is 26.9. The Kier molecular flexibility index (Phi) is 5.30. The van der Waals surface area contributed by atoms with Crippen molar-refractivity contribution in [2.45, 2.75) is 62.9 Å². The molecule has 3 atom stereocenters. The molecule has 1 amide bonds. The second kappa shape index (κ2) is 7.53. The number of carbonyl (C=O) groups is 1. The molecule has 1 fully saturated rings. The van der Waals surface area contributed by atoms with E-state index in [0.29, 0.717) is 17.5 Å². The van der Waals surface area contributed by atoms with Crippen LogP contribution in [0.2, 0.25) is 5.15 Å². The molecule has 4 rings (SSSR count). The minimum absolute atomic E-state index is 0.00646. The summed E-state index contributed by atoms with van der Waals surface area (Å²) in [7, 11) is -1.51. The first kappa shape index (κ1) is 21.1. The number of nitrogens with zero attached hydrogens (tertiary/aromatic N) is 4. The van der Waals surface area contributed by atoms with Gasteiger partial charge in [-0.3, -0.25) is 9.11 Å². The smallest absolute Gasteiger partial charge is 0.411 e. The Morgan fingerprint density at radius 2 is 2.07 bits per heavy atom. The molecule has 7 nitrogen and oxygen atoms in total. The third-order valence-electron chi connectivity index (χ3n) is 5.18. The van der Waals surface area contributed by atoms with Gasteiger partial charge in [0.05, 0.1) is 22.5 Å². The van der Waals surface area contributed by atoms with Crippen molar-refractivity contribution < 1.29 is 18.1 Å². The predicted molar refractivity (Wildman–Crippen MR) is 112 cm³/mol. The number of amides is 1. The van der Waals surface area contributed by atoms with Gasteiger partial charge in [0.25, 0.3) is 0 Å². The van der Waals surface area contributed by atoms with Gasteiger partial charge in [0.2, 0.25) is 5.16 Å². The summed E-state index contributed by atoms with van der Waals surface area (Å²) in [6, 6.07) is -0.185. The number of carbonyl (C=O) groups excluding carboxylic acids is 1. The van der Waals surface area contributed by atoms with Gasteiger partial charge in [0.15, 0.2) is 11.0 Å². The molecular weight excluding hydrogens is 431 g/mol. The van der Waals surface area contributed by atoms with Crippen molar-refractivity contribution in [3.63, 3.8) is 0 Å². The van der Waals surface area contributed by atoms with Crippen molar-refractivity contribution in [3.8, 4) is 0 Å². The van der Waals surface area contributed by atoms with Crippen LogP contribution in [-0.2, 0) is 15.5 Å². The second-order valence-electron chi connectivity index (χ2n) is 8.52. The summed E-state index contributed by atoms with van der Waals surface area (Å²) < 4.78 is 32.2. The highest BCUT2D eigenvalue weighted by Gasteiger charge is 2.42. The van der Waals surface area contributed by atoms with Gasteiger partial charge in [-0.2, -0.15) is 0 Å². The van der Waals surface area contributed by atoms with Crippen LogP contribution in [0.15, 0.2) is 17.4 Å². The van der Waals surface area contributed by atoms with E-state index in [4.69, 9.17) is 16.3 Å². The molecular formula is C20H22ClFN4O3S. The zero-order chi connectivity index (χ0) is 21.8. The number of fused-ring (bicyclic) bond motifs is 3. The van der Waals surface area contributed by atoms with Crippen LogP contribution in [0.4, 0.5) is 9.18 Å². The highest BCUT2D eigenvalue weighted by molar-refractivity contribution is 7.84. The van der Waals surface area contributed by atoms with Crippen molar-refractivity contribution in [2.75, 3.05) is 6.26 Å². The summed E-state index contributed by atoms with van der Waals surface area (Å²) in [5, 5.41) is 0.137. The third kappa shape index (κ3) is 3.80. The number of hydrogen-bond donors (Lipinski definition) is 0. The molecule has 2 aliphatic heterocycles. The maximum absolute atomic E-state index is 14.6. The lowest BCUT2D eigenvalue weighted by atomic mass is 9.96. The molecule has 0 spiro atoms. The molecule has 2 bridgehead atoms. The van der Waals surface area contributed by atoms with Crippen LogP contribution in [0.25, 0.3) is 16.5 Å². The van der Waals surface area contributed by atoms with Crippen molar-refractivity contribution in [3.05, 3.63) is 28.9 Å². The Hall–Kier alpha value is -2.13. The largest absolute Gasteiger partial charge is 0.444 e. The minimum Gasteiger partial charge on any atom is -0.444 e. The number of ether oxygens (including phenoxy) is 1. The average Bonchev–Trinajstić information content (AvgIpc) is 2.93. The fraction of sp³-hybridized carbons (Fsp3) is 0.500. The van der Waals surface area contributed by atoms with E-state index in [1.54, 1.807) is 4.90 Å². The Balaban J connectivity index is 1.79. The lowest BCUT2D eigenvalue weighted by molar-refractivity contribution is 0.0175. The van der Waals surface area contributed by atoms with E-state index in [1.165, 1.54) is 12.5 Å². The monoisotopic (exact) mass is 452 g/mol. The van der Waals surface area contributed by atoms with E-state index in [-0.39, 0.29) is 34.0 Å². The predicted octanol–water partition coefficient (Wildman–Crippen LogP) is 4.11. The lowest BCUT2D eigenvalue weighted by Gasteiger charge is -2.35. The maximum Gasteiger partial charge on any atom is 0.411 e. The van der Waals surface area contributed by atoms with Crippen molar-refractivity contribution in [1.29, 1.82) is 0 Å². The summed E-state index contributed by atoms with van der Waals surface area (Å²) in [5.74, 6) is -0.765. The third-order valence-corrected chi connectivity index (χ3v) is 6.14. The van der Waals surface area contributed by atoms with Gasteiger partial charge in [-0.05, 0) is 45.6 Å². The standard InChI is InChI=1S/C20H22ClFN4O3S/c1-20(2,3)29-19(27)26-11-5-6-12(26)8-10(7-11)15-13-9-23-17(21)14(22)16(13)25-18(24-15)30(4)28/h7,9,11-12H,5-6,8H2,1-4H3. The van der Waals surface area contributed by atoms with E-state index in [2.05, 4.69) is 15.0 Å². The Morgan fingerprint density at radius 3 is 2.70 bits per heavy atom. The van der Waals surface area contributed by atoms with Gasteiger partial charge in [-0.25, -0.2) is 24.1 Å². The van der Waals surface area contributed by atoms with Crippen LogP contribution in [0.5, 0.6) is 0 Å². The van der Waals surface area contributed by atoms with Crippen LogP contribution < -0.4 is 0 Å². The fourth-order valence-electron chi connectivity index (χ4n) is 3.99. The van der Waals surface area contributed by atoms with Gasteiger partial charge in [0, 0.05) is 23.9 Å². The SMILES string of the molecule is CS(=O)c1nc(C2=CC3CCC(C2)N3C(=O)OC(C)(C)C)c2cnc(Cl)c(F)c2n1. The topological polar surface area (TPSA) is 85.3 Å². The molecule has 0 aliphatic carbocycles. The summed E-state index contributed by atoms with van der Waals surface area (Å²) in [6.07, 6.45) is 6.66. The van der Waals surface area contributed by atoms with E-state index in [9.17, 15) is 13.4 Å². The van der Waals surface area contributed by atoms with Gasteiger partial charge < -0.3 is 4.74 Å². The molecule has 0 radical (unpaired) electrons. The van der Waals surface area contributed by atoms with Crippen LogP contribution in [0.1, 0.15) is 45.7 Å². The summed E-state index contributed by atoms with van der Waals surface area (Å²) in [5.41, 5.74) is 0.748. The first-order valence-electron chi connectivity index (χ1n) is 9.62. The molecule has 30 heavy (non-hydrogen) atoms. The van der Waals surface area contributed by atoms with E-state index < -0.39 is 22.2 Å². The highest BCUT2D eigenvalue weighted by atomic mass is 35.5. The molecule has 0 aromatic carbocycles. The summed E-state index contributed by atoms with van der Waals surface area (Å²) >= 11 is 5.83. The average molecular weight is 453 g/mol. The molecule has 3 unspecified atom stereocenters. The molecule has 2 aliphatic rings. The number of hydrogen-bond acceptors (Lipinski definition) is 6. The fourth-order valence-corrected chi connectivity index (χ4v) is 4.57. The minimum atomic E-state index is -1.51. The van der Waals surface area contributed by atoms with Gasteiger partial charge in [0.1, 0.15) is 11.1 Å². The van der Waals surface area contributed by atoms with Gasteiger partial charge >= 0.3 is 6.09 Å². The maximum atomic E-state index is 14.6. The molecule has 0 saturated carbocycles. The molecule has 2 aromatic heterocycles. The van der Waals surface area contributed by atoms with Crippen LogP contribution in [0, 0.1) is 5.82 Å². The molecule has 2 aromatic rings. The Bertz CT molecular complexity index is 1100. The highest BCUT2D eigenvalue weighted by Crippen LogP contribution is 2.40. The molecule has 160 valence electrons. The zero-order valence-electron chi connectivity index (χ0n) is 17.1. The first-order chi connectivity index (χ1) is 14.0. The van der Waals surface area contributed by atoms with Crippen LogP contribution >= 0.6 is 11.6 Å². The molecule has 10 heteroatoms. The van der Waals surface area contributed by atoms with Gasteiger partial charge in [-0.15, -0.1) is 0 Å². The number of pyridine rings is 1. The number of rotatable bonds is 2. The molecule has 0 N–H and O–H groups in total. The van der Waals surface area contributed by atoms with Crippen molar-refractivity contribution in [2.24, 2.45) is 0 Å². The van der Waals surface area contributed by atoms with E-state index in [1.807, 2.05) is 26.8 Å². The number of aromatic nitrogens is 3. The number of halogens is 2. The lowest BCUT2D eigenvalue weighted by Crippen LogP contribution is -2.45. The van der Waals surface area contributed by atoms with Crippen LogP contribution in [0.3, 0.4) is 0 Å². The summed E-state index contributed by atoms with van der Waals surface area (Å²) in [6.45, 7) is 5.51. The Labute approximate surface area is 181 Å².